The lowest BCUT2D eigenvalue weighted by Gasteiger charge is -1.97. The standard InChI is InChI=1S/C13H10N4O2S/c18-12-7-20-13(16-12)17-15-5-9-2-1-3-10(4-9)11-6-14-8-19-11/h1-6,8H,7H2,(H,16,17,18). The molecule has 1 N–H and O–H groups in total. The van der Waals surface area contributed by atoms with Gasteiger partial charge in [0.1, 0.15) is 0 Å². The molecule has 2 aromatic rings. The minimum atomic E-state index is -0.0451. The van der Waals surface area contributed by atoms with Crippen molar-refractivity contribution in [3.05, 3.63) is 42.4 Å². The molecule has 1 saturated heterocycles. The lowest BCUT2D eigenvalue weighted by atomic mass is 10.1. The average Bonchev–Trinajstić information content (AvgIpc) is 3.11. The minimum Gasteiger partial charge on any atom is -0.444 e. The van der Waals surface area contributed by atoms with Crippen LogP contribution in [0.25, 0.3) is 11.3 Å². The molecule has 0 aliphatic carbocycles. The monoisotopic (exact) mass is 286 g/mol. The normalized spacial score (nSPS) is 17.0. The van der Waals surface area contributed by atoms with Crippen molar-refractivity contribution in [2.24, 2.45) is 10.2 Å². The molecule has 100 valence electrons. The molecule has 1 fully saturated rings. The van der Waals surface area contributed by atoms with E-state index in [1.54, 1.807) is 12.4 Å². The average molecular weight is 286 g/mol. The summed E-state index contributed by atoms with van der Waals surface area (Å²) in [5.41, 5.74) is 1.81. The van der Waals surface area contributed by atoms with Crippen LogP contribution in [0.15, 0.2) is 51.5 Å². The third kappa shape index (κ3) is 2.94. The minimum absolute atomic E-state index is 0.0451. The van der Waals surface area contributed by atoms with Gasteiger partial charge in [0, 0.05) is 5.56 Å². The quantitative estimate of drug-likeness (QED) is 0.690. The van der Waals surface area contributed by atoms with Gasteiger partial charge in [-0.3, -0.25) is 4.79 Å². The van der Waals surface area contributed by atoms with Crippen LogP contribution in [-0.2, 0) is 4.79 Å². The lowest BCUT2D eigenvalue weighted by Crippen LogP contribution is -2.19. The van der Waals surface area contributed by atoms with Gasteiger partial charge in [-0.2, -0.15) is 5.10 Å². The summed E-state index contributed by atoms with van der Waals surface area (Å²) >= 11 is 1.34. The lowest BCUT2D eigenvalue weighted by molar-refractivity contribution is -0.116. The van der Waals surface area contributed by atoms with Crippen LogP contribution in [0.1, 0.15) is 5.56 Å². The Labute approximate surface area is 119 Å². The molecule has 3 rings (SSSR count). The molecule has 0 atom stereocenters. The Hall–Kier alpha value is -2.41. The Bertz CT molecular complexity index is 679. The largest absolute Gasteiger partial charge is 0.444 e. The van der Waals surface area contributed by atoms with E-state index in [1.165, 1.54) is 18.2 Å². The second kappa shape index (κ2) is 5.70. The van der Waals surface area contributed by atoms with Crippen LogP contribution in [0.3, 0.4) is 0 Å². The Morgan fingerprint density at radius 1 is 1.45 bits per heavy atom. The number of nitrogens with one attached hydrogen (secondary N) is 1. The van der Waals surface area contributed by atoms with Gasteiger partial charge in [0.25, 0.3) is 0 Å². The van der Waals surface area contributed by atoms with Crippen molar-refractivity contribution in [2.45, 2.75) is 0 Å². The Kier molecular flexibility index (Phi) is 3.60. The van der Waals surface area contributed by atoms with Gasteiger partial charge in [-0.05, 0) is 11.6 Å². The van der Waals surface area contributed by atoms with E-state index in [9.17, 15) is 4.79 Å². The first-order valence-corrected chi connectivity index (χ1v) is 6.82. The molecule has 0 saturated carbocycles. The van der Waals surface area contributed by atoms with Gasteiger partial charge in [0.15, 0.2) is 17.3 Å². The van der Waals surface area contributed by atoms with E-state index in [1.807, 2.05) is 24.3 Å². The molecule has 1 amide bonds. The van der Waals surface area contributed by atoms with Gasteiger partial charge in [0.2, 0.25) is 5.91 Å². The number of thioether (sulfide) groups is 1. The predicted molar refractivity (Wildman–Crippen MR) is 77.6 cm³/mol. The van der Waals surface area contributed by atoms with Crippen LogP contribution in [0.2, 0.25) is 0 Å². The van der Waals surface area contributed by atoms with Crippen LogP contribution in [0.5, 0.6) is 0 Å². The summed E-state index contributed by atoms with van der Waals surface area (Å²) in [4.78, 5) is 14.9. The zero-order chi connectivity index (χ0) is 13.8. The van der Waals surface area contributed by atoms with E-state index in [-0.39, 0.29) is 5.91 Å². The number of oxazole rings is 1. The van der Waals surface area contributed by atoms with Gasteiger partial charge in [0.05, 0.1) is 18.2 Å². The molecule has 1 aliphatic rings. The van der Waals surface area contributed by atoms with E-state index in [0.29, 0.717) is 16.7 Å². The summed E-state index contributed by atoms with van der Waals surface area (Å²) in [6.45, 7) is 0. The fourth-order valence-electron chi connectivity index (χ4n) is 1.66. The number of rotatable bonds is 3. The first-order valence-electron chi connectivity index (χ1n) is 5.84. The molecule has 1 aromatic heterocycles. The summed E-state index contributed by atoms with van der Waals surface area (Å²) in [7, 11) is 0. The molecule has 0 radical (unpaired) electrons. The van der Waals surface area contributed by atoms with Gasteiger partial charge in [-0.1, -0.05) is 30.0 Å². The fraction of sp³-hybridized carbons (Fsp3) is 0.0769. The summed E-state index contributed by atoms with van der Waals surface area (Å²) in [5.74, 6) is 1.05. The highest BCUT2D eigenvalue weighted by atomic mass is 32.2. The van der Waals surface area contributed by atoms with Crippen LogP contribution in [0, 0.1) is 0 Å². The van der Waals surface area contributed by atoms with Crippen molar-refractivity contribution in [1.82, 2.24) is 10.3 Å². The van der Waals surface area contributed by atoms with Gasteiger partial charge in [-0.15, -0.1) is 5.10 Å². The molecule has 1 aliphatic heterocycles. The van der Waals surface area contributed by atoms with Crippen molar-refractivity contribution in [3.8, 4) is 11.3 Å². The first-order chi connectivity index (χ1) is 9.81. The smallest absolute Gasteiger partial charge is 0.236 e. The summed E-state index contributed by atoms with van der Waals surface area (Å²) in [5, 5.41) is 11.0. The highest BCUT2D eigenvalue weighted by molar-refractivity contribution is 8.15. The Morgan fingerprint density at radius 3 is 3.15 bits per heavy atom. The number of aromatic nitrogens is 1. The third-order valence-electron chi connectivity index (χ3n) is 2.55. The zero-order valence-corrected chi connectivity index (χ0v) is 11.1. The van der Waals surface area contributed by atoms with Crippen molar-refractivity contribution in [2.75, 3.05) is 5.75 Å². The topological polar surface area (TPSA) is 79.8 Å². The summed E-state index contributed by atoms with van der Waals surface area (Å²) in [6, 6.07) is 7.66. The Balaban J connectivity index is 1.75. The van der Waals surface area contributed by atoms with Gasteiger partial charge < -0.3 is 9.73 Å². The second-order valence-electron chi connectivity index (χ2n) is 3.98. The van der Waals surface area contributed by atoms with E-state index >= 15 is 0 Å². The van der Waals surface area contributed by atoms with Crippen LogP contribution in [-0.4, -0.2) is 28.0 Å². The van der Waals surface area contributed by atoms with Gasteiger partial charge >= 0.3 is 0 Å². The highest BCUT2D eigenvalue weighted by Crippen LogP contribution is 2.19. The van der Waals surface area contributed by atoms with Gasteiger partial charge in [-0.25, -0.2) is 4.98 Å². The summed E-state index contributed by atoms with van der Waals surface area (Å²) < 4.78 is 5.24. The molecule has 6 nitrogen and oxygen atoms in total. The van der Waals surface area contributed by atoms with Crippen molar-refractivity contribution in [3.63, 3.8) is 0 Å². The van der Waals surface area contributed by atoms with Crippen LogP contribution < -0.4 is 5.32 Å². The molecule has 20 heavy (non-hydrogen) atoms. The fourth-order valence-corrected chi connectivity index (χ4v) is 2.29. The number of carbonyl (C=O) groups is 1. The molecule has 7 heteroatoms. The molecule has 2 heterocycles. The molecule has 0 spiro atoms. The van der Waals surface area contributed by atoms with Crippen LogP contribution in [0.4, 0.5) is 0 Å². The second-order valence-corrected chi connectivity index (χ2v) is 4.94. The number of amidine groups is 1. The SMILES string of the molecule is O=C1CSC(=NN=Cc2cccc(-c3cnco3)c2)N1. The number of amides is 1. The maximum absolute atomic E-state index is 11.0. The third-order valence-corrected chi connectivity index (χ3v) is 3.41. The van der Waals surface area contributed by atoms with E-state index < -0.39 is 0 Å². The van der Waals surface area contributed by atoms with Crippen molar-refractivity contribution < 1.29 is 9.21 Å². The number of nitrogens with zero attached hydrogens (tertiary/aromatic N) is 3. The number of hydrogen-bond donors (Lipinski definition) is 1. The maximum Gasteiger partial charge on any atom is 0.236 e. The molecular formula is C13H10N4O2S. The summed E-state index contributed by atoms with van der Waals surface area (Å²) in [6.07, 6.45) is 4.67. The zero-order valence-electron chi connectivity index (χ0n) is 10.3. The van der Waals surface area contributed by atoms with E-state index in [4.69, 9.17) is 4.42 Å². The van der Waals surface area contributed by atoms with E-state index in [0.717, 1.165) is 11.1 Å². The molecule has 0 unspecified atom stereocenters. The van der Waals surface area contributed by atoms with Crippen molar-refractivity contribution >= 4 is 29.1 Å². The highest BCUT2D eigenvalue weighted by Gasteiger charge is 2.15. The number of carbonyl (C=O) groups excluding carboxylic acids is 1. The number of benzene rings is 1. The first kappa shape index (κ1) is 12.6. The molecular weight excluding hydrogens is 276 g/mol. The molecule has 1 aromatic carbocycles. The molecule has 0 bridgehead atoms. The van der Waals surface area contributed by atoms with E-state index in [2.05, 4.69) is 20.5 Å². The number of hydrogen-bond acceptors (Lipinski definition) is 6. The Morgan fingerprint density at radius 2 is 2.40 bits per heavy atom. The van der Waals surface area contributed by atoms with Crippen molar-refractivity contribution in [1.29, 1.82) is 0 Å². The predicted octanol–water partition coefficient (Wildman–Crippen LogP) is 1.89. The maximum atomic E-state index is 11.0. The van der Waals surface area contributed by atoms with Crippen LogP contribution >= 0.6 is 11.8 Å².